The molecule has 6 nitrogen and oxygen atoms in total. The number of hydrogen-bond acceptors (Lipinski definition) is 6. The number of fused-ring (bicyclic) bond motifs is 2. The second kappa shape index (κ2) is 6.61. The number of thiazole rings is 1. The van der Waals surface area contributed by atoms with Crippen LogP contribution in [0.15, 0.2) is 57.9 Å². The largest absolute Gasteiger partial charge is 0.494 e. The average molecular weight is 366 g/mol. The van der Waals surface area contributed by atoms with Crippen molar-refractivity contribution in [3.05, 3.63) is 64.5 Å². The Morgan fingerprint density at radius 1 is 1.27 bits per heavy atom. The van der Waals surface area contributed by atoms with Gasteiger partial charge in [0.1, 0.15) is 23.2 Å². The molecule has 26 heavy (non-hydrogen) atoms. The van der Waals surface area contributed by atoms with Gasteiger partial charge in [0, 0.05) is 0 Å². The molecule has 2 aromatic carbocycles. The molecule has 2 heterocycles. The van der Waals surface area contributed by atoms with E-state index in [2.05, 4.69) is 10.3 Å². The van der Waals surface area contributed by atoms with Crippen LogP contribution in [0.2, 0.25) is 0 Å². The maximum absolute atomic E-state index is 12.5. The van der Waals surface area contributed by atoms with Crippen LogP contribution in [-0.2, 0) is 0 Å². The van der Waals surface area contributed by atoms with Gasteiger partial charge in [-0.05, 0) is 37.3 Å². The summed E-state index contributed by atoms with van der Waals surface area (Å²) in [6.07, 6.45) is 1.18. The molecule has 2 aromatic heterocycles. The molecule has 0 saturated carbocycles. The Morgan fingerprint density at radius 3 is 2.96 bits per heavy atom. The minimum atomic E-state index is -0.548. The van der Waals surface area contributed by atoms with E-state index in [0.717, 1.165) is 16.0 Å². The van der Waals surface area contributed by atoms with Gasteiger partial charge in [-0.15, -0.1) is 0 Å². The van der Waals surface area contributed by atoms with Crippen molar-refractivity contribution in [1.29, 1.82) is 0 Å². The molecular weight excluding hydrogens is 352 g/mol. The van der Waals surface area contributed by atoms with Gasteiger partial charge >= 0.3 is 0 Å². The highest BCUT2D eigenvalue weighted by Crippen LogP contribution is 2.29. The van der Waals surface area contributed by atoms with Crippen molar-refractivity contribution < 1.29 is 13.9 Å². The third kappa shape index (κ3) is 2.93. The van der Waals surface area contributed by atoms with E-state index in [1.165, 1.54) is 17.6 Å². The van der Waals surface area contributed by atoms with Gasteiger partial charge in [0.2, 0.25) is 5.43 Å². The Balaban J connectivity index is 1.65. The average Bonchev–Trinajstić information content (AvgIpc) is 3.04. The number of nitrogens with one attached hydrogen (secondary N) is 1. The van der Waals surface area contributed by atoms with Crippen LogP contribution < -0.4 is 15.5 Å². The molecular formula is C19H14N2O4S. The van der Waals surface area contributed by atoms with Gasteiger partial charge in [0.25, 0.3) is 5.91 Å². The molecule has 4 aromatic rings. The van der Waals surface area contributed by atoms with Crippen LogP contribution >= 0.6 is 11.3 Å². The van der Waals surface area contributed by atoms with E-state index in [1.54, 1.807) is 24.3 Å². The van der Waals surface area contributed by atoms with Gasteiger partial charge in [-0.1, -0.05) is 23.5 Å². The molecule has 7 heteroatoms. The lowest BCUT2D eigenvalue weighted by atomic mass is 10.1. The molecule has 0 aliphatic rings. The minimum Gasteiger partial charge on any atom is -0.494 e. The number of rotatable bonds is 4. The molecule has 0 fully saturated rings. The van der Waals surface area contributed by atoms with Gasteiger partial charge in [0.15, 0.2) is 5.13 Å². The summed E-state index contributed by atoms with van der Waals surface area (Å²) < 4.78 is 11.7. The van der Waals surface area contributed by atoms with Crippen LogP contribution in [0.25, 0.3) is 21.2 Å². The van der Waals surface area contributed by atoms with E-state index in [9.17, 15) is 9.59 Å². The molecule has 0 unspecified atom stereocenters. The lowest BCUT2D eigenvalue weighted by Gasteiger charge is -2.02. The molecule has 0 saturated heterocycles. The van der Waals surface area contributed by atoms with Gasteiger partial charge in [-0.25, -0.2) is 4.98 Å². The van der Waals surface area contributed by atoms with Gasteiger partial charge in [-0.3, -0.25) is 14.9 Å². The molecule has 0 aliphatic heterocycles. The van der Waals surface area contributed by atoms with Gasteiger partial charge in [0.05, 0.1) is 22.2 Å². The summed E-state index contributed by atoms with van der Waals surface area (Å²) in [5, 5.41) is 3.45. The lowest BCUT2D eigenvalue weighted by molar-refractivity contribution is 0.102. The number of benzene rings is 2. The summed E-state index contributed by atoms with van der Waals surface area (Å²) in [5.74, 6) is 0.199. The SMILES string of the molecule is CCOc1ccc2nc(NC(=O)c3coc4ccccc4c3=O)sc2c1. The molecule has 0 bridgehead atoms. The smallest absolute Gasteiger partial charge is 0.264 e. The fraction of sp³-hybridized carbons (Fsp3) is 0.105. The molecule has 0 atom stereocenters. The van der Waals surface area contributed by atoms with E-state index >= 15 is 0 Å². The van der Waals surface area contributed by atoms with Crippen molar-refractivity contribution in [1.82, 2.24) is 4.98 Å². The first-order chi connectivity index (χ1) is 12.7. The van der Waals surface area contributed by atoms with E-state index < -0.39 is 5.91 Å². The van der Waals surface area contributed by atoms with Crippen molar-refractivity contribution >= 4 is 43.6 Å². The summed E-state index contributed by atoms with van der Waals surface area (Å²) in [5.41, 5.74) is 0.763. The Hall–Kier alpha value is -3.19. The van der Waals surface area contributed by atoms with Crippen LogP contribution in [0.3, 0.4) is 0 Å². The monoisotopic (exact) mass is 366 g/mol. The quantitative estimate of drug-likeness (QED) is 0.589. The summed E-state index contributed by atoms with van der Waals surface area (Å²) in [4.78, 5) is 29.4. The standard InChI is InChI=1S/C19H14N2O4S/c1-2-24-11-7-8-14-16(9-11)26-19(20-14)21-18(23)13-10-25-15-6-4-3-5-12(15)17(13)22/h3-10H,2H2,1H3,(H,20,21,23). The Bertz CT molecular complexity index is 1180. The third-order valence-corrected chi connectivity index (χ3v) is 4.75. The third-order valence-electron chi connectivity index (χ3n) is 3.82. The summed E-state index contributed by atoms with van der Waals surface area (Å²) >= 11 is 1.31. The number of anilines is 1. The summed E-state index contributed by atoms with van der Waals surface area (Å²) in [6, 6.07) is 12.3. The number of aromatic nitrogens is 1. The fourth-order valence-electron chi connectivity index (χ4n) is 2.61. The van der Waals surface area contributed by atoms with Crippen molar-refractivity contribution in [2.24, 2.45) is 0 Å². The van der Waals surface area contributed by atoms with E-state index in [-0.39, 0.29) is 11.0 Å². The van der Waals surface area contributed by atoms with Crippen LogP contribution in [0.4, 0.5) is 5.13 Å². The van der Waals surface area contributed by atoms with Crippen molar-refractivity contribution in [2.75, 3.05) is 11.9 Å². The van der Waals surface area contributed by atoms with Crippen LogP contribution in [-0.4, -0.2) is 17.5 Å². The van der Waals surface area contributed by atoms with Crippen LogP contribution in [0.5, 0.6) is 5.75 Å². The molecule has 0 radical (unpaired) electrons. The maximum Gasteiger partial charge on any atom is 0.264 e. The number of nitrogens with zero attached hydrogens (tertiary/aromatic N) is 1. The Labute approximate surface area is 152 Å². The highest BCUT2D eigenvalue weighted by Gasteiger charge is 2.16. The van der Waals surface area contributed by atoms with Gasteiger partial charge < -0.3 is 9.15 Å². The lowest BCUT2D eigenvalue weighted by Crippen LogP contribution is -2.21. The summed E-state index contributed by atoms with van der Waals surface area (Å²) in [6.45, 7) is 2.49. The minimum absolute atomic E-state index is 0.0574. The summed E-state index contributed by atoms with van der Waals surface area (Å²) in [7, 11) is 0. The van der Waals surface area contributed by atoms with Gasteiger partial charge in [-0.2, -0.15) is 0 Å². The zero-order valence-corrected chi connectivity index (χ0v) is 14.6. The molecule has 4 rings (SSSR count). The molecule has 0 aliphatic carbocycles. The van der Waals surface area contributed by atoms with Crippen LogP contribution in [0.1, 0.15) is 17.3 Å². The number of carbonyl (C=O) groups is 1. The maximum atomic E-state index is 12.5. The van der Waals surface area contributed by atoms with Crippen molar-refractivity contribution in [3.8, 4) is 5.75 Å². The predicted molar refractivity (Wildman–Crippen MR) is 101 cm³/mol. The molecule has 1 N–H and O–H groups in total. The zero-order valence-electron chi connectivity index (χ0n) is 13.8. The van der Waals surface area contributed by atoms with E-state index in [4.69, 9.17) is 9.15 Å². The number of amides is 1. The zero-order chi connectivity index (χ0) is 18.1. The van der Waals surface area contributed by atoms with E-state index in [1.807, 2.05) is 25.1 Å². The second-order valence-corrected chi connectivity index (χ2v) is 6.54. The normalized spacial score (nSPS) is 11.0. The first kappa shape index (κ1) is 16.3. The highest BCUT2D eigenvalue weighted by molar-refractivity contribution is 7.22. The molecule has 0 spiro atoms. The fourth-order valence-corrected chi connectivity index (χ4v) is 3.50. The van der Waals surface area contributed by atoms with E-state index in [0.29, 0.717) is 22.7 Å². The number of ether oxygens (including phenoxy) is 1. The predicted octanol–water partition coefficient (Wildman–Crippen LogP) is 4.05. The second-order valence-electron chi connectivity index (χ2n) is 5.51. The Kier molecular flexibility index (Phi) is 4.14. The van der Waals surface area contributed by atoms with Crippen molar-refractivity contribution in [3.63, 3.8) is 0 Å². The number of para-hydroxylation sites is 1. The highest BCUT2D eigenvalue weighted by atomic mass is 32.1. The number of hydrogen-bond donors (Lipinski definition) is 1. The molecule has 130 valence electrons. The number of carbonyl (C=O) groups excluding carboxylic acids is 1. The van der Waals surface area contributed by atoms with Crippen LogP contribution in [0, 0.1) is 0 Å². The Morgan fingerprint density at radius 2 is 2.12 bits per heavy atom. The van der Waals surface area contributed by atoms with Crippen molar-refractivity contribution in [2.45, 2.75) is 6.92 Å². The molecule has 1 amide bonds. The topological polar surface area (TPSA) is 81.4 Å². The first-order valence-electron chi connectivity index (χ1n) is 8.01. The first-order valence-corrected chi connectivity index (χ1v) is 8.82.